The van der Waals surface area contributed by atoms with Crippen LogP contribution in [-0.4, -0.2) is 6.61 Å². The third kappa shape index (κ3) is 1.97. The van der Waals surface area contributed by atoms with Gasteiger partial charge in [-0.3, -0.25) is 0 Å². The molecule has 1 fully saturated rings. The van der Waals surface area contributed by atoms with Gasteiger partial charge in [0.2, 0.25) is 0 Å². The zero-order valence-electron chi connectivity index (χ0n) is 7.86. The molecule has 0 radical (unpaired) electrons. The highest BCUT2D eigenvalue weighted by molar-refractivity contribution is 5.56. The maximum Gasteiger partial charge on any atom is 0.121 e. The van der Waals surface area contributed by atoms with Gasteiger partial charge in [0.25, 0.3) is 0 Å². The van der Waals surface area contributed by atoms with Crippen molar-refractivity contribution in [3.05, 3.63) is 23.8 Å². The van der Waals surface area contributed by atoms with Crippen LogP contribution in [0, 0.1) is 17.2 Å². The maximum atomic E-state index is 8.67. The first-order valence-electron chi connectivity index (χ1n) is 4.72. The Balaban J connectivity index is 2.03. The molecular formula is C11H12N2O. The number of anilines is 1. The third-order valence-electron chi connectivity index (χ3n) is 2.33. The quantitative estimate of drug-likeness (QED) is 0.737. The molecule has 1 aliphatic rings. The van der Waals surface area contributed by atoms with Crippen LogP contribution in [0.3, 0.4) is 0 Å². The van der Waals surface area contributed by atoms with Gasteiger partial charge in [0.15, 0.2) is 0 Å². The Kier molecular flexibility index (Phi) is 2.28. The molecule has 2 rings (SSSR count). The first kappa shape index (κ1) is 8.89. The van der Waals surface area contributed by atoms with Crippen LogP contribution in [0.1, 0.15) is 18.4 Å². The summed E-state index contributed by atoms with van der Waals surface area (Å²) >= 11 is 0. The van der Waals surface area contributed by atoms with E-state index in [1.54, 1.807) is 18.2 Å². The Labute approximate surface area is 83.1 Å². The van der Waals surface area contributed by atoms with E-state index >= 15 is 0 Å². The lowest BCUT2D eigenvalue weighted by atomic mass is 10.2. The molecule has 0 bridgehead atoms. The summed E-state index contributed by atoms with van der Waals surface area (Å²) in [5, 5.41) is 8.67. The van der Waals surface area contributed by atoms with Crippen molar-refractivity contribution in [1.82, 2.24) is 0 Å². The SMILES string of the molecule is N#Cc1ccc(OCC2CC2)cc1N. The Morgan fingerprint density at radius 1 is 1.50 bits per heavy atom. The average Bonchev–Trinajstić information content (AvgIpc) is 2.98. The van der Waals surface area contributed by atoms with Crippen LogP contribution < -0.4 is 10.5 Å². The number of hydrogen-bond acceptors (Lipinski definition) is 3. The Morgan fingerprint density at radius 2 is 2.29 bits per heavy atom. The molecule has 0 unspecified atom stereocenters. The summed E-state index contributed by atoms with van der Waals surface area (Å²) < 4.78 is 5.52. The fourth-order valence-corrected chi connectivity index (χ4v) is 1.23. The standard InChI is InChI=1S/C11H12N2O/c12-6-9-3-4-10(5-11(9)13)14-7-8-1-2-8/h3-5,8H,1-2,7,13H2. The fourth-order valence-electron chi connectivity index (χ4n) is 1.23. The van der Waals surface area contributed by atoms with E-state index in [0.717, 1.165) is 18.3 Å². The highest BCUT2D eigenvalue weighted by atomic mass is 16.5. The molecule has 1 saturated carbocycles. The number of benzene rings is 1. The molecule has 1 aliphatic carbocycles. The van der Waals surface area contributed by atoms with E-state index in [-0.39, 0.29) is 0 Å². The summed E-state index contributed by atoms with van der Waals surface area (Å²) in [5.41, 5.74) is 6.64. The van der Waals surface area contributed by atoms with Crippen molar-refractivity contribution in [2.45, 2.75) is 12.8 Å². The summed E-state index contributed by atoms with van der Waals surface area (Å²) in [6, 6.07) is 7.21. The molecular weight excluding hydrogens is 176 g/mol. The number of nitrogens with two attached hydrogens (primary N) is 1. The average molecular weight is 188 g/mol. The van der Waals surface area contributed by atoms with Crippen molar-refractivity contribution in [3.63, 3.8) is 0 Å². The summed E-state index contributed by atoms with van der Waals surface area (Å²) in [6.45, 7) is 0.769. The van der Waals surface area contributed by atoms with E-state index in [4.69, 9.17) is 15.7 Å². The second kappa shape index (κ2) is 3.59. The lowest BCUT2D eigenvalue weighted by molar-refractivity contribution is 0.300. The smallest absolute Gasteiger partial charge is 0.121 e. The molecule has 1 aromatic rings. The van der Waals surface area contributed by atoms with Gasteiger partial charge < -0.3 is 10.5 Å². The molecule has 14 heavy (non-hydrogen) atoms. The largest absolute Gasteiger partial charge is 0.493 e. The highest BCUT2D eigenvalue weighted by Gasteiger charge is 2.21. The van der Waals surface area contributed by atoms with Crippen LogP contribution in [0.5, 0.6) is 5.75 Å². The summed E-state index contributed by atoms with van der Waals surface area (Å²) in [7, 11) is 0. The van der Waals surface area contributed by atoms with Crippen LogP contribution in [0.15, 0.2) is 18.2 Å². The predicted molar refractivity (Wildman–Crippen MR) is 53.8 cm³/mol. The molecule has 0 heterocycles. The van der Waals surface area contributed by atoms with Crippen molar-refractivity contribution in [1.29, 1.82) is 5.26 Å². The van der Waals surface area contributed by atoms with Crippen LogP contribution in [0.25, 0.3) is 0 Å². The fraction of sp³-hybridized carbons (Fsp3) is 0.364. The Bertz CT molecular complexity index is 377. The molecule has 0 aliphatic heterocycles. The minimum absolute atomic E-state index is 0.487. The molecule has 2 N–H and O–H groups in total. The molecule has 3 nitrogen and oxygen atoms in total. The normalized spacial score (nSPS) is 14.8. The van der Waals surface area contributed by atoms with Gasteiger partial charge in [0.05, 0.1) is 17.9 Å². The number of hydrogen-bond donors (Lipinski definition) is 1. The van der Waals surface area contributed by atoms with E-state index in [1.165, 1.54) is 12.8 Å². The molecule has 0 saturated heterocycles. The van der Waals surface area contributed by atoms with Gasteiger partial charge in [0, 0.05) is 6.07 Å². The molecule has 0 spiro atoms. The van der Waals surface area contributed by atoms with Crippen molar-refractivity contribution in [2.75, 3.05) is 12.3 Å². The number of nitriles is 1. The predicted octanol–water partition coefficient (Wildman–Crippen LogP) is 1.93. The monoisotopic (exact) mass is 188 g/mol. The Morgan fingerprint density at radius 3 is 2.86 bits per heavy atom. The first-order chi connectivity index (χ1) is 6.79. The zero-order chi connectivity index (χ0) is 9.97. The minimum Gasteiger partial charge on any atom is -0.493 e. The second-order valence-corrected chi connectivity index (χ2v) is 3.62. The van der Waals surface area contributed by atoms with E-state index < -0.39 is 0 Å². The van der Waals surface area contributed by atoms with Crippen LogP contribution in [0.4, 0.5) is 5.69 Å². The van der Waals surface area contributed by atoms with Crippen molar-refractivity contribution in [2.24, 2.45) is 5.92 Å². The van der Waals surface area contributed by atoms with Gasteiger partial charge in [-0.2, -0.15) is 5.26 Å². The van der Waals surface area contributed by atoms with E-state index in [9.17, 15) is 0 Å². The third-order valence-corrected chi connectivity index (χ3v) is 2.33. The number of nitrogen functional groups attached to an aromatic ring is 1. The van der Waals surface area contributed by atoms with E-state index in [1.807, 2.05) is 6.07 Å². The van der Waals surface area contributed by atoms with Gasteiger partial charge in [-0.1, -0.05) is 0 Å². The second-order valence-electron chi connectivity index (χ2n) is 3.62. The van der Waals surface area contributed by atoms with Gasteiger partial charge in [-0.25, -0.2) is 0 Å². The Hall–Kier alpha value is -1.69. The van der Waals surface area contributed by atoms with Crippen molar-refractivity contribution in [3.8, 4) is 11.8 Å². The number of nitrogens with zero attached hydrogens (tertiary/aromatic N) is 1. The molecule has 1 aromatic carbocycles. The van der Waals surface area contributed by atoms with Gasteiger partial charge in [-0.15, -0.1) is 0 Å². The highest BCUT2D eigenvalue weighted by Crippen LogP contribution is 2.30. The number of ether oxygens (including phenoxy) is 1. The maximum absolute atomic E-state index is 8.67. The van der Waals surface area contributed by atoms with Gasteiger partial charge in [-0.05, 0) is 30.9 Å². The molecule has 72 valence electrons. The molecule has 3 heteroatoms. The van der Waals surface area contributed by atoms with Gasteiger partial charge in [0.1, 0.15) is 11.8 Å². The van der Waals surface area contributed by atoms with Crippen molar-refractivity contribution < 1.29 is 4.74 Å². The summed E-state index contributed by atoms with van der Waals surface area (Å²) in [4.78, 5) is 0. The number of rotatable bonds is 3. The summed E-state index contributed by atoms with van der Waals surface area (Å²) in [6.07, 6.45) is 2.54. The lowest BCUT2D eigenvalue weighted by Gasteiger charge is -2.06. The van der Waals surface area contributed by atoms with Crippen LogP contribution >= 0.6 is 0 Å². The topological polar surface area (TPSA) is 59.0 Å². The molecule has 0 amide bonds. The van der Waals surface area contributed by atoms with E-state index in [0.29, 0.717) is 11.3 Å². The van der Waals surface area contributed by atoms with Crippen LogP contribution in [-0.2, 0) is 0 Å². The zero-order valence-corrected chi connectivity index (χ0v) is 7.86. The van der Waals surface area contributed by atoms with E-state index in [2.05, 4.69) is 0 Å². The minimum atomic E-state index is 0.487. The van der Waals surface area contributed by atoms with Crippen molar-refractivity contribution >= 4 is 5.69 Å². The molecule has 0 atom stereocenters. The lowest BCUT2D eigenvalue weighted by Crippen LogP contribution is -2.00. The summed E-state index contributed by atoms with van der Waals surface area (Å²) in [5.74, 6) is 1.49. The first-order valence-corrected chi connectivity index (χ1v) is 4.72. The van der Waals surface area contributed by atoms with Crippen LogP contribution in [0.2, 0.25) is 0 Å². The molecule has 0 aromatic heterocycles. The van der Waals surface area contributed by atoms with Gasteiger partial charge >= 0.3 is 0 Å².